The largest absolute Gasteiger partial charge is 0.496 e. The molecular formula is C18H25N3O2. The Morgan fingerprint density at radius 2 is 2.26 bits per heavy atom. The molecule has 1 aromatic heterocycles. The molecule has 1 unspecified atom stereocenters. The van der Waals surface area contributed by atoms with E-state index < -0.39 is 0 Å². The molecule has 23 heavy (non-hydrogen) atoms. The molecule has 0 amide bonds. The molecule has 1 atom stereocenters. The van der Waals surface area contributed by atoms with Crippen molar-refractivity contribution in [1.82, 2.24) is 15.5 Å². The fourth-order valence-electron chi connectivity index (χ4n) is 3.12. The standard InChI is InChI=1S/C18H25N3O2/c1-12(2)18-20-17(23-21-18)9-10-19-14-7-8-15-13(11-14)5-4-6-16(15)22-3/h4-6,12,14,19H,7-11H2,1-3H3. The molecule has 0 radical (unpaired) electrons. The third-order valence-corrected chi connectivity index (χ3v) is 4.43. The summed E-state index contributed by atoms with van der Waals surface area (Å²) in [5.74, 6) is 2.84. The van der Waals surface area contributed by atoms with Crippen molar-refractivity contribution in [2.75, 3.05) is 13.7 Å². The van der Waals surface area contributed by atoms with Crippen LogP contribution in [0.5, 0.6) is 5.75 Å². The number of aromatic nitrogens is 2. The fraction of sp³-hybridized carbons (Fsp3) is 0.556. The van der Waals surface area contributed by atoms with Crippen LogP contribution in [0.3, 0.4) is 0 Å². The molecule has 0 spiro atoms. The van der Waals surface area contributed by atoms with Crippen molar-refractivity contribution in [3.63, 3.8) is 0 Å². The number of rotatable bonds is 6. The van der Waals surface area contributed by atoms with Crippen LogP contribution < -0.4 is 10.1 Å². The van der Waals surface area contributed by atoms with E-state index in [2.05, 4.69) is 47.5 Å². The first-order valence-electron chi connectivity index (χ1n) is 8.38. The Bertz CT molecular complexity index is 651. The van der Waals surface area contributed by atoms with E-state index in [1.807, 2.05) is 0 Å². The van der Waals surface area contributed by atoms with Gasteiger partial charge in [0.15, 0.2) is 5.82 Å². The maximum Gasteiger partial charge on any atom is 0.227 e. The molecule has 5 heteroatoms. The molecule has 1 aromatic carbocycles. The molecular weight excluding hydrogens is 290 g/mol. The minimum absolute atomic E-state index is 0.310. The zero-order chi connectivity index (χ0) is 16.2. The molecule has 3 rings (SSSR count). The van der Waals surface area contributed by atoms with Crippen molar-refractivity contribution in [3.8, 4) is 5.75 Å². The molecule has 0 fully saturated rings. The maximum absolute atomic E-state index is 5.46. The highest BCUT2D eigenvalue weighted by atomic mass is 16.5. The Morgan fingerprint density at radius 1 is 1.39 bits per heavy atom. The summed E-state index contributed by atoms with van der Waals surface area (Å²) >= 11 is 0. The smallest absolute Gasteiger partial charge is 0.227 e. The number of nitrogens with zero attached hydrogens (tertiary/aromatic N) is 2. The monoisotopic (exact) mass is 315 g/mol. The summed E-state index contributed by atoms with van der Waals surface area (Å²) in [6.45, 7) is 5.00. The minimum atomic E-state index is 0.310. The number of benzene rings is 1. The summed E-state index contributed by atoms with van der Waals surface area (Å²) in [5.41, 5.74) is 2.76. The fourth-order valence-corrected chi connectivity index (χ4v) is 3.12. The summed E-state index contributed by atoms with van der Waals surface area (Å²) in [6.07, 6.45) is 4.03. The number of nitrogens with one attached hydrogen (secondary N) is 1. The predicted molar refractivity (Wildman–Crippen MR) is 88.9 cm³/mol. The van der Waals surface area contributed by atoms with Crippen LogP contribution in [0.15, 0.2) is 22.7 Å². The number of hydrogen-bond donors (Lipinski definition) is 1. The van der Waals surface area contributed by atoms with Gasteiger partial charge in [-0.2, -0.15) is 4.98 Å². The molecule has 0 saturated heterocycles. The Hall–Kier alpha value is -1.88. The molecule has 0 saturated carbocycles. The van der Waals surface area contributed by atoms with E-state index in [1.165, 1.54) is 11.1 Å². The maximum atomic E-state index is 5.46. The van der Waals surface area contributed by atoms with Crippen LogP contribution in [0.4, 0.5) is 0 Å². The van der Waals surface area contributed by atoms with Gasteiger partial charge in [0.05, 0.1) is 7.11 Å². The van der Waals surface area contributed by atoms with E-state index in [0.717, 1.165) is 49.7 Å². The molecule has 124 valence electrons. The van der Waals surface area contributed by atoms with E-state index in [0.29, 0.717) is 12.0 Å². The van der Waals surface area contributed by atoms with E-state index in [1.54, 1.807) is 7.11 Å². The number of ether oxygens (including phenoxy) is 1. The van der Waals surface area contributed by atoms with Crippen molar-refractivity contribution in [1.29, 1.82) is 0 Å². The number of fused-ring (bicyclic) bond motifs is 1. The lowest BCUT2D eigenvalue weighted by Gasteiger charge is -2.26. The summed E-state index contributed by atoms with van der Waals surface area (Å²) < 4.78 is 10.7. The van der Waals surface area contributed by atoms with Gasteiger partial charge in [0, 0.05) is 24.9 Å². The summed E-state index contributed by atoms with van der Waals surface area (Å²) in [7, 11) is 1.75. The molecule has 1 aliphatic rings. The van der Waals surface area contributed by atoms with Gasteiger partial charge in [-0.15, -0.1) is 0 Å². The molecule has 1 heterocycles. The lowest BCUT2D eigenvalue weighted by Crippen LogP contribution is -2.35. The highest BCUT2D eigenvalue weighted by Crippen LogP contribution is 2.29. The lowest BCUT2D eigenvalue weighted by molar-refractivity contribution is 0.361. The van der Waals surface area contributed by atoms with Gasteiger partial charge in [-0.3, -0.25) is 0 Å². The predicted octanol–water partition coefficient (Wildman–Crippen LogP) is 2.89. The van der Waals surface area contributed by atoms with E-state index in [4.69, 9.17) is 9.26 Å². The second kappa shape index (κ2) is 7.13. The van der Waals surface area contributed by atoms with E-state index >= 15 is 0 Å². The zero-order valence-electron chi connectivity index (χ0n) is 14.1. The van der Waals surface area contributed by atoms with Crippen molar-refractivity contribution >= 4 is 0 Å². The molecule has 0 aliphatic heterocycles. The van der Waals surface area contributed by atoms with Crippen LogP contribution in [0, 0.1) is 0 Å². The van der Waals surface area contributed by atoms with Crippen molar-refractivity contribution in [3.05, 3.63) is 41.0 Å². The van der Waals surface area contributed by atoms with Gasteiger partial charge in [0.25, 0.3) is 0 Å². The Labute approximate surface area is 137 Å². The first-order chi connectivity index (χ1) is 11.2. The normalized spacial score (nSPS) is 17.3. The first kappa shape index (κ1) is 16.0. The van der Waals surface area contributed by atoms with Crippen LogP contribution in [-0.4, -0.2) is 29.8 Å². The summed E-state index contributed by atoms with van der Waals surface area (Å²) in [4.78, 5) is 4.42. The van der Waals surface area contributed by atoms with Gasteiger partial charge in [-0.05, 0) is 36.5 Å². The Balaban J connectivity index is 1.51. The van der Waals surface area contributed by atoms with Crippen LogP contribution in [0.1, 0.15) is 49.0 Å². The Kier molecular flexibility index (Phi) is 4.96. The quantitative estimate of drug-likeness (QED) is 0.888. The van der Waals surface area contributed by atoms with Gasteiger partial charge in [-0.1, -0.05) is 31.1 Å². The van der Waals surface area contributed by atoms with Crippen molar-refractivity contribution in [2.45, 2.75) is 51.5 Å². The second-order valence-corrected chi connectivity index (χ2v) is 6.44. The third-order valence-electron chi connectivity index (χ3n) is 4.43. The highest BCUT2D eigenvalue weighted by Gasteiger charge is 2.21. The van der Waals surface area contributed by atoms with Gasteiger partial charge >= 0.3 is 0 Å². The zero-order valence-corrected chi connectivity index (χ0v) is 14.1. The Morgan fingerprint density at radius 3 is 3.00 bits per heavy atom. The number of methoxy groups -OCH3 is 1. The van der Waals surface area contributed by atoms with Crippen LogP contribution in [0.2, 0.25) is 0 Å². The van der Waals surface area contributed by atoms with E-state index in [9.17, 15) is 0 Å². The average Bonchev–Trinajstić information content (AvgIpc) is 3.03. The summed E-state index contributed by atoms with van der Waals surface area (Å²) in [6, 6.07) is 6.83. The second-order valence-electron chi connectivity index (χ2n) is 6.44. The van der Waals surface area contributed by atoms with Gasteiger partial charge in [-0.25, -0.2) is 0 Å². The molecule has 5 nitrogen and oxygen atoms in total. The third kappa shape index (κ3) is 3.72. The van der Waals surface area contributed by atoms with Crippen molar-refractivity contribution < 1.29 is 9.26 Å². The number of hydrogen-bond acceptors (Lipinski definition) is 5. The SMILES string of the molecule is COc1cccc2c1CCC(NCCc1nc(C(C)C)no1)C2. The lowest BCUT2D eigenvalue weighted by atomic mass is 9.87. The van der Waals surface area contributed by atoms with Crippen molar-refractivity contribution in [2.24, 2.45) is 0 Å². The van der Waals surface area contributed by atoms with E-state index in [-0.39, 0.29) is 0 Å². The highest BCUT2D eigenvalue weighted by molar-refractivity contribution is 5.42. The van der Waals surface area contributed by atoms with Crippen LogP contribution in [0.25, 0.3) is 0 Å². The van der Waals surface area contributed by atoms with Gasteiger partial charge in [0.1, 0.15) is 5.75 Å². The van der Waals surface area contributed by atoms with Crippen LogP contribution in [-0.2, 0) is 19.3 Å². The average molecular weight is 315 g/mol. The minimum Gasteiger partial charge on any atom is -0.496 e. The first-order valence-corrected chi connectivity index (χ1v) is 8.38. The van der Waals surface area contributed by atoms with Gasteiger partial charge in [0.2, 0.25) is 5.89 Å². The van der Waals surface area contributed by atoms with Crippen LogP contribution >= 0.6 is 0 Å². The van der Waals surface area contributed by atoms with Gasteiger partial charge < -0.3 is 14.6 Å². The molecule has 2 aromatic rings. The molecule has 1 N–H and O–H groups in total. The molecule has 1 aliphatic carbocycles. The molecule has 0 bridgehead atoms. The topological polar surface area (TPSA) is 60.2 Å². The summed E-state index contributed by atoms with van der Waals surface area (Å²) in [5, 5.41) is 7.62.